The fraction of sp³-hybridized carbons (Fsp3) is 0.188. The fourth-order valence-electron chi connectivity index (χ4n) is 2.07. The predicted molar refractivity (Wildman–Crippen MR) is 82.9 cm³/mol. The number of rotatable bonds is 4. The monoisotopic (exact) mass is 288 g/mol. The highest BCUT2D eigenvalue weighted by Crippen LogP contribution is 2.13. The molecule has 0 saturated heterocycles. The number of benzene rings is 2. The zero-order chi connectivity index (χ0) is 14.5. The van der Waals surface area contributed by atoms with Crippen molar-refractivity contribution in [1.29, 1.82) is 0 Å². The summed E-state index contributed by atoms with van der Waals surface area (Å²) in [5.41, 5.74) is 7.87. The van der Waals surface area contributed by atoms with E-state index >= 15 is 0 Å². The maximum absolute atomic E-state index is 12.1. The highest BCUT2D eigenvalue weighted by atomic mass is 35.5. The van der Waals surface area contributed by atoms with Crippen LogP contribution >= 0.6 is 11.6 Å². The van der Waals surface area contributed by atoms with E-state index in [0.29, 0.717) is 16.3 Å². The lowest BCUT2D eigenvalue weighted by Gasteiger charge is -2.15. The number of nitrogens with two attached hydrogens (primary N) is 1. The number of nitrogens with one attached hydrogen (secondary N) is 1. The van der Waals surface area contributed by atoms with Gasteiger partial charge in [0.1, 0.15) is 0 Å². The molecule has 0 aliphatic rings. The van der Waals surface area contributed by atoms with E-state index in [1.54, 1.807) is 18.2 Å². The summed E-state index contributed by atoms with van der Waals surface area (Å²) in [6.45, 7) is 1.96. The molecule has 0 aliphatic carbocycles. The second-order valence-corrected chi connectivity index (χ2v) is 5.23. The van der Waals surface area contributed by atoms with Crippen molar-refractivity contribution in [3.05, 3.63) is 64.7 Å². The summed E-state index contributed by atoms with van der Waals surface area (Å²) in [7, 11) is 0. The third kappa shape index (κ3) is 3.75. The lowest BCUT2D eigenvalue weighted by molar-refractivity contribution is 0.0941. The number of halogens is 1. The summed E-state index contributed by atoms with van der Waals surface area (Å²) in [6.07, 6.45) is 0.721. The fourth-order valence-corrected chi connectivity index (χ4v) is 2.29. The van der Waals surface area contributed by atoms with Crippen LogP contribution in [0.1, 0.15) is 22.8 Å². The topological polar surface area (TPSA) is 55.1 Å². The summed E-state index contributed by atoms with van der Waals surface area (Å²) in [5.74, 6) is -0.155. The minimum absolute atomic E-state index is 0.000530. The van der Waals surface area contributed by atoms with Crippen molar-refractivity contribution in [2.75, 3.05) is 5.73 Å². The Kier molecular flexibility index (Phi) is 4.64. The van der Waals surface area contributed by atoms with Crippen LogP contribution in [0.5, 0.6) is 0 Å². The van der Waals surface area contributed by atoms with E-state index in [4.69, 9.17) is 17.3 Å². The van der Waals surface area contributed by atoms with Gasteiger partial charge in [0.25, 0.3) is 5.91 Å². The van der Waals surface area contributed by atoms with Gasteiger partial charge in [-0.15, -0.1) is 0 Å². The van der Waals surface area contributed by atoms with Crippen LogP contribution in [0.3, 0.4) is 0 Å². The molecule has 0 saturated carbocycles. The molecule has 2 aromatic rings. The molecule has 0 radical (unpaired) electrons. The Labute approximate surface area is 123 Å². The smallest absolute Gasteiger partial charge is 0.253 e. The first-order chi connectivity index (χ1) is 9.56. The molecule has 3 N–H and O–H groups in total. The van der Waals surface area contributed by atoms with Crippen molar-refractivity contribution in [1.82, 2.24) is 5.32 Å². The minimum atomic E-state index is -0.155. The van der Waals surface area contributed by atoms with Gasteiger partial charge in [-0.25, -0.2) is 0 Å². The molecule has 104 valence electrons. The molecule has 3 nitrogen and oxygen atoms in total. The Morgan fingerprint density at radius 1 is 1.25 bits per heavy atom. The molecule has 2 aromatic carbocycles. The van der Waals surface area contributed by atoms with Crippen LogP contribution in [0.4, 0.5) is 5.69 Å². The van der Waals surface area contributed by atoms with Crippen LogP contribution in [-0.4, -0.2) is 11.9 Å². The molecule has 0 fully saturated rings. The predicted octanol–water partition coefficient (Wildman–Crippen LogP) is 3.28. The number of carbonyl (C=O) groups is 1. The van der Waals surface area contributed by atoms with Gasteiger partial charge in [-0.05, 0) is 43.2 Å². The first-order valence-electron chi connectivity index (χ1n) is 6.46. The highest BCUT2D eigenvalue weighted by molar-refractivity contribution is 6.30. The van der Waals surface area contributed by atoms with Crippen molar-refractivity contribution in [3.8, 4) is 0 Å². The standard InChI is InChI=1S/C16H17ClN2O/c1-11(9-12-5-4-6-13(17)10-12)19-16(20)14-7-2-3-8-15(14)18/h2-8,10-11H,9,18H2,1H3,(H,19,20). The van der Waals surface area contributed by atoms with Crippen LogP contribution in [0.2, 0.25) is 5.02 Å². The minimum Gasteiger partial charge on any atom is -0.398 e. The SMILES string of the molecule is CC(Cc1cccc(Cl)c1)NC(=O)c1ccccc1N. The molecule has 1 atom stereocenters. The van der Waals surface area contributed by atoms with E-state index in [9.17, 15) is 4.79 Å². The highest BCUT2D eigenvalue weighted by Gasteiger charge is 2.12. The van der Waals surface area contributed by atoms with E-state index in [-0.39, 0.29) is 11.9 Å². The van der Waals surface area contributed by atoms with Gasteiger partial charge < -0.3 is 11.1 Å². The van der Waals surface area contributed by atoms with E-state index < -0.39 is 0 Å². The second-order valence-electron chi connectivity index (χ2n) is 4.80. The van der Waals surface area contributed by atoms with Gasteiger partial charge >= 0.3 is 0 Å². The molecule has 1 amide bonds. The van der Waals surface area contributed by atoms with Gasteiger partial charge in [-0.1, -0.05) is 35.9 Å². The molecule has 2 rings (SSSR count). The largest absolute Gasteiger partial charge is 0.398 e. The lowest BCUT2D eigenvalue weighted by Crippen LogP contribution is -2.34. The Morgan fingerprint density at radius 3 is 2.70 bits per heavy atom. The number of carbonyl (C=O) groups excluding carboxylic acids is 1. The van der Waals surface area contributed by atoms with Crippen molar-refractivity contribution < 1.29 is 4.79 Å². The van der Waals surface area contributed by atoms with E-state index in [0.717, 1.165) is 12.0 Å². The molecule has 0 bridgehead atoms. The first-order valence-corrected chi connectivity index (χ1v) is 6.84. The van der Waals surface area contributed by atoms with E-state index in [1.807, 2.05) is 37.3 Å². The molecule has 1 unspecified atom stereocenters. The molecule has 0 aromatic heterocycles. The van der Waals surface area contributed by atoms with Gasteiger partial charge in [-0.3, -0.25) is 4.79 Å². The van der Waals surface area contributed by atoms with Gasteiger partial charge in [0.05, 0.1) is 5.56 Å². The summed E-state index contributed by atoms with van der Waals surface area (Å²) in [4.78, 5) is 12.1. The first kappa shape index (κ1) is 14.4. The summed E-state index contributed by atoms with van der Waals surface area (Å²) >= 11 is 5.95. The number of hydrogen-bond donors (Lipinski definition) is 2. The Morgan fingerprint density at radius 2 is 2.00 bits per heavy atom. The maximum atomic E-state index is 12.1. The molecular formula is C16H17ClN2O. The zero-order valence-electron chi connectivity index (χ0n) is 11.3. The third-order valence-corrected chi connectivity index (χ3v) is 3.25. The van der Waals surface area contributed by atoms with Crippen molar-refractivity contribution in [3.63, 3.8) is 0 Å². The number of para-hydroxylation sites is 1. The van der Waals surface area contributed by atoms with Crippen molar-refractivity contribution >= 4 is 23.2 Å². The summed E-state index contributed by atoms with van der Waals surface area (Å²) in [6, 6.07) is 14.7. The van der Waals surface area contributed by atoms with Crippen LogP contribution in [0.25, 0.3) is 0 Å². The molecule has 20 heavy (non-hydrogen) atoms. The number of anilines is 1. The van der Waals surface area contributed by atoms with E-state index in [1.165, 1.54) is 0 Å². The number of hydrogen-bond acceptors (Lipinski definition) is 2. The van der Waals surface area contributed by atoms with Gasteiger partial charge in [-0.2, -0.15) is 0 Å². The molecule has 0 heterocycles. The van der Waals surface area contributed by atoms with Crippen LogP contribution in [0, 0.1) is 0 Å². The van der Waals surface area contributed by atoms with E-state index in [2.05, 4.69) is 5.32 Å². The van der Waals surface area contributed by atoms with Crippen molar-refractivity contribution in [2.45, 2.75) is 19.4 Å². The Bertz CT molecular complexity index is 613. The lowest BCUT2D eigenvalue weighted by atomic mass is 10.1. The van der Waals surface area contributed by atoms with Gasteiger partial charge in [0.2, 0.25) is 0 Å². The van der Waals surface area contributed by atoms with Crippen LogP contribution in [-0.2, 0) is 6.42 Å². The second kappa shape index (κ2) is 6.44. The average Bonchev–Trinajstić information content (AvgIpc) is 2.38. The number of amides is 1. The van der Waals surface area contributed by atoms with Gasteiger partial charge in [0, 0.05) is 16.8 Å². The van der Waals surface area contributed by atoms with Gasteiger partial charge in [0.15, 0.2) is 0 Å². The average molecular weight is 289 g/mol. The third-order valence-electron chi connectivity index (χ3n) is 3.01. The summed E-state index contributed by atoms with van der Waals surface area (Å²) in [5, 5.41) is 3.65. The zero-order valence-corrected chi connectivity index (χ0v) is 12.0. The molecule has 0 aliphatic heterocycles. The maximum Gasteiger partial charge on any atom is 0.253 e. The normalized spacial score (nSPS) is 11.9. The quantitative estimate of drug-likeness (QED) is 0.848. The van der Waals surface area contributed by atoms with Crippen LogP contribution in [0.15, 0.2) is 48.5 Å². The molecule has 4 heteroatoms. The van der Waals surface area contributed by atoms with Crippen molar-refractivity contribution in [2.24, 2.45) is 0 Å². The molecule has 0 spiro atoms. The number of nitrogen functional groups attached to an aromatic ring is 1. The molecular weight excluding hydrogens is 272 g/mol. The van der Waals surface area contributed by atoms with Crippen LogP contribution < -0.4 is 11.1 Å². The Hall–Kier alpha value is -2.00. The Balaban J connectivity index is 2.00. The summed E-state index contributed by atoms with van der Waals surface area (Å²) < 4.78 is 0.